The Morgan fingerprint density at radius 1 is 1.23 bits per heavy atom. The van der Waals surface area contributed by atoms with Crippen LogP contribution in [0.3, 0.4) is 0 Å². The van der Waals surface area contributed by atoms with E-state index in [0.29, 0.717) is 46.2 Å². The van der Waals surface area contributed by atoms with Gasteiger partial charge in [0.05, 0.1) is 6.54 Å². The van der Waals surface area contributed by atoms with Gasteiger partial charge in [0.15, 0.2) is 16.9 Å². The quantitative estimate of drug-likeness (QED) is 0.415. The standard InChI is InChI=1S/C25H29ClN6O3/c1-15(2)7-9-31-21-22(28-24(31)30-10-8-17-12-27-13-19(17)30)29(3)25(35)32(23(21)34)14-20(33)16-5-4-6-18(26)11-16/h4-7,11,17,19,27H,8-10,12-14H2,1-3H3. The summed E-state index contributed by atoms with van der Waals surface area (Å²) in [5, 5.41) is 3.87. The molecule has 0 spiro atoms. The molecule has 2 fully saturated rings. The molecule has 2 aliphatic heterocycles. The summed E-state index contributed by atoms with van der Waals surface area (Å²) >= 11 is 6.03. The number of aryl methyl sites for hydroxylation is 1. The van der Waals surface area contributed by atoms with E-state index in [1.165, 1.54) is 10.6 Å². The molecule has 0 bridgehead atoms. The van der Waals surface area contributed by atoms with Crippen molar-refractivity contribution in [3.8, 4) is 0 Å². The second-order valence-corrected chi connectivity index (χ2v) is 10.0. The molecule has 2 saturated heterocycles. The van der Waals surface area contributed by atoms with Gasteiger partial charge >= 0.3 is 5.69 Å². The van der Waals surface area contributed by atoms with Gasteiger partial charge in [0.1, 0.15) is 0 Å². The zero-order chi connectivity index (χ0) is 24.9. The highest BCUT2D eigenvalue weighted by Gasteiger charge is 2.40. The minimum absolute atomic E-state index is 0.306. The largest absolute Gasteiger partial charge is 0.338 e. The van der Waals surface area contributed by atoms with Gasteiger partial charge in [-0.2, -0.15) is 4.98 Å². The summed E-state index contributed by atoms with van der Waals surface area (Å²) in [5.41, 5.74) is 1.03. The molecular formula is C25H29ClN6O3. The highest BCUT2D eigenvalue weighted by Crippen LogP contribution is 2.32. The highest BCUT2D eigenvalue weighted by molar-refractivity contribution is 6.31. The summed E-state index contributed by atoms with van der Waals surface area (Å²) < 4.78 is 4.26. The number of nitrogens with zero attached hydrogens (tertiary/aromatic N) is 5. The van der Waals surface area contributed by atoms with Gasteiger partial charge in [-0.05, 0) is 38.3 Å². The number of imidazole rings is 1. The van der Waals surface area contributed by atoms with Crippen LogP contribution in [-0.4, -0.2) is 50.1 Å². The Labute approximate surface area is 207 Å². The van der Waals surface area contributed by atoms with Crippen molar-refractivity contribution in [2.45, 2.75) is 39.4 Å². The number of hydrogen-bond acceptors (Lipinski definition) is 6. The molecule has 1 aromatic carbocycles. The van der Waals surface area contributed by atoms with Crippen LogP contribution in [0.2, 0.25) is 5.02 Å². The molecule has 2 aliphatic rings. The first-order valence-corrected chi connectivity index (χ1v) is 12.2. The summed E-state index contributed by atoms with van der Waals surface area (Å²) in [6.45, 7) is 6.78. The number of carbonyl (C=O) groups is 1. The molecule has 2 aromatic heterocycles. The van der Waals surface area contributed by atoms with E-state index in [0.717, 1.165) is 36.2 Å². The van der Waals surface area contributed by atoms with Gasteiger partial charge in [0.2, 0.25) is 5.95 Å². The van der Waals surface area contributed by atoms with Crippen molar-refractivity contribution in [1.82, 2.24) is 24.0 Å². The Hall–Kier alpha value is -3.17. The first-order chi connectivity index (χ1) is 16.8. The molecule has 10 heteroatoms. The number of Topliss-reactive ketones (excluding diaryl/α,β-unsaturated/α-hetero) is 1. The molecule has 4 heterocycles. The molecule has 0 amide bonds. The lowest BCUT2D eigenvalue weighted by Crippen LogP contribution is -2.41. The fourth-order valence-electron chi connectivity index (χ4n) is 5.16. The molecule has 3 aromatic rings. The number of halogens is 1. The number of carbonyl (C=O) groups excluding carboxylic acids is 1. The van der Waals surface area contributed by atoms with E-state index in [4.69, 9.17) is 16.6 Å². The van der Waals surface area contributed by atoms with Gasteiger partial charge in [-0.25, -0.2) is 4.79 Å². The van der Waals surface area contributed by atoms with Crippen molar-refractivity contribution in [2.24, 2.45) is 13.0 Å². The average Bonchev–Trinajstić information content (AvgIpc) is 3.53. The summed E-state index contributed by atoms with van der Waals surface area (Å²) in [4.78, 5) is 46.9. The van der Waals surface area contributed by atoms with Crippen LogP contribution in [0.1, 0.15) is 30.6 Å². The van der Waals surface area contributed by atoms with Crippen LogP contribution in [0.15, 0.2) is 45.5 Å². The molecule has 9 nitrogen and oxygen atoms in total. The highest BCUT2D eigenvalue weighted by atomic mass is 35.5. The molecule has 1 N–H and O–H groups in total. The topological polar surface area (TPSA) is 94.2 Å². The van der Waals surface area contributed by atoms with Crippen molar-refractivity contribution in [2.75, 3.05) is 24.5 Å². The number of allylic oxidation sites excluding steroid dienone is 2. The third-order valence-corrected chi connectivity index (χ3v) is 7.28. The smallest absolute Gasteiger partial charge is 0.332 e. The Morgan fingerprint density at radius 2 is 2.03 bits per heavy atom. The molecule has 184 valence electrons. The van der Waals surface area contributed by atoms with Gasteiger partial charge < -0.3 is 14.8 Å². The minimum Gasteiger partial charge on any atom is -0.338 e. The predicted molar refractivity (Wildman–Crippen MR) is 137 cm³/mol. The van der Waals surface area contributed by atoms with Crippen LogP contribution >= 0.6 is 11.6 Å². The molecule has 0 saturated carbocycles. The monoisotopic (exact) mass is 496 g/mol. The van der Waals surface area contributed by atoms with Crippen molar-refractivity contribution >= 4 is 34.5 Å². The van der Waals surface area contributed by atoms with Crippen LogP contribution in [0, 0.1) is 5.92 Å². The Bertz CT molecular complexity index is 1460. The van der Waals surface area contributed by atoms with Crippen LogP contribution < -0.4 is 21.5 Å². The Kier molecular flexibility index (Phi) is 6.14. The lowest BCUT2D eigenvalue weighted by molar-refractivity contribution is 0.0969. The Balaban J connectivity index is 1.66. The number of rotatable bonds is 6. The molecule has 2 unspecified atom stereocenters. The zero-order valence-electron chi connectivity index (χ0n) is 20.1. The van der Waals surface area contributed by atoms with Gasteiger partial charge in [-0.15, -0.1) is 0 Å². The van der Waals surface area contributed by atoms with E-state index in [1.807, 2.05) is 24.5 Å². The fraction of sp³-hybridized carbons (Fsp3) is 0.440. The first-order valence-electron chi connectivity index (χ1n) is 11.9. The van der Waals surface area contributed by atoms with Crippen molar-refractivity contribution in [1.29, 1.82) is 0 Å². The number of nitrogens with one attached hydrogen (secondary N) is 1. The Morgan fingerprint density at radius 3 is 2.77 bits per heavy atom. The zero-order valence-corrected chi connectivity index (χ0v) is 20.9. The van der Waals surface area contributed by atoms with E-state index in [1.54, 1.807) is 25.2 Å². The number of fused-ring (bicyclic) bond motifs is 2. The van der Waals surface area contributed by atoms with E-state index in [-0.39, 0.29) is 12.3 Å². The van der Waals surface area contributed by atoms with Crippen molar-refractivity contribution < 1.29 is 4.79 Å². The SMILES string of the molecule is CC(C)=CCn1c(N2CCC3CNCC32)nc2c1c(=O)n(CC(=O)c1cccc(Cl)c1)c(=O)n2C. The van der Waals surface area contributed by atoms with E-state index in [2.05, 4.69) is 10.2 Å². The summed E-state index contributed by atoms with van der Waals surface area (Å²) in [6, 6.07) is 6.80. The maximum Gasteiger partial charge on any atom is 0.332 e. The molecule has 0 radical (unpaired) electrons. The van der Waals surface area contributed by atoms with Gasteiger partial charge in [0.25, 0.3) is 5.56 Å². The van der Waals surface area contributed by atoms with Crippen LogP contribution in [0.4, 0.5) is 5.95 Å². The lowest BCUT2D eigenvalue weighted by atomic mass is 10.1. The summed E-state index contributed by atoms with van der Waals surface area (Å²) in [6.07, 6.45) is 3.10. The number of hydrogen-bond donors (Lipinski definition) is 1. The van der Waals surface area contributed by atoms with Gasteiger partial charge in [-0.3, -0.25) is 18.7 Å². The van der Waals surface area contributed by atoms with Crippen molar-refractivity contribution in [3.05, 3.63) is 67.3 Å². The summed E-state index contributed by atoms with van der Waals surface area (Å²) in [7, 11) is 1.59. The molecule has 0 aliphatic carbocycles. The molecular weight excluding hydrogens is 468 g/mol. The number of anilines is 1. The summed E-state index contributed by atoms with van der Waals surface area (Å²) in [5.74, 6) is 0.878. The maximum absolute atomic E-state index is 13.7. The van der Waals surface area contributed by atoms with Crippen LogP contribution in [-0.2, 0) is 20.1 Å². The number of ketones is 1. The first kappa shape index (κ1) is 23.6. The second-order valence-electron chi connectivity index (χ2n) is 9.61. The minimum atomic E-state index is -0.571. The van der Waals surface area contributed by atoms with Gasteiger partial charge in [-0.1, -0.05) is 35.4 Å². The van der Waals surface area contributed by atoms with Crippen LogP contribution in [0.25, 0.3) is 11.2 Å². The van der Waals surface area contributed by atoms with E-state index < -0.39 is 11.2 Å². The third kappa shape index (κ3) is 4.12. The lowest BCUT2D eigenvalue weighted by Gasteiger charge is -2.25. The van der Waals surface area contributed by atoms with Crippen LogP contribution in [0.5, 0.6) is 0 Å². The fourth-order valence-corrected chi connectivity index (χ4v) is 5.35. The molecule has 2 atom stereocenters. The molecule has 5 rings (SSSR count). The predicted octanol–water partition coefficient (Wildman–Crippen LogP) is 2.20. The average molecular weight is 497 g/mol. The normalized spacial score (nSPS) is 19.4. The third-order valence-electron chi connectivity index (χ3n) is 7.04. The van der Waals surface area contributed by atoms with E-state index in [9.17, 15) is 14.4 Å². The van der Waals surface area contributed by atoms with E-state index >= 15 is 0 Å². The second kappa shape index (κ2) is 9.13. The maximum atomic E-state index is 13.7. The van der Waals surface area contributed by atoms with Gasteiger partial charge in [0, 0.05) is 49.9 Å². The van der Waals surface area contributed by atoms with Crippen molar-refractivity contribution in [3.63, 3.8) is 0 Å². The number of benzene rings is 1. The molecule has 35 heavy (non-hydrogen) atoms. The number of aromatic nitrogens is 4.